The number of halogens is 4. The number of amides is 2. The fourth-order valence-corrected chi connectivity index (χ4v) is 3.74. The first-order chi connectivity index (χ1) is 14.1. The van der Waals surface area contributed by atoms with Crippen LogP contribution in [0.3, 0.4) is 0 Å². The van der Waals surface area contributed by atoms with E-state index in [1.807, 2.05) is 13.8 Å². The summed E-state index contributed by atoms with van der Waals surface area (Å²) in [7, 11) is 0. The van der Waals surface area contributed by atoms with E-state index < -0.39 is 6.04 Å². The van der Waals surface area contributed by atoms with Crippen molar-refractivity contribution >= 4 is 58.2 Å². The van der Waals surface area contributed by atoms with Gasteiger partial charge in [-0.05, 0) is 48.2 Å². The molecule has 0 saturated heterocycles. The van der Waals surface area contributed by atoms with Gasteiger partial charge in [-0.3, -0.25) is 9.59 Å². The highest BCUT2D eigenvalue weighted by Crippen LogP contribution is 2.25. The maximum Gasteiger partial charge on any atom is 0.242 e. The molecule has 2 rings (SSSR count). The van der Waals surface area contributed by atoms with Crippen molar-refractivity contribution in [3.63, 3.8) is 0 Å². The first-order valence-corrected chi connectivity index (χ1v) is 11.0. The third-order valence-corrected chi connectivity index (χ3v) is 5.74. The fourth-order valence-electron chi connectivity index (χ4n) is 2.80. The van der Waals surface area contributed by atoms with Crippen molar-refractivity contribution in [2.24, 2.45) is 5.92 Å². The first kappa shape index (κ1) is 24.8. The molecule has 0 aromatic heterocycles. The Bertz CT molecular complexity index is 918. The lowest BCUT2D eigenvalue weighted by atomic mass is 10.1. The third kappa shape index (κ3) is 7.05. The number of carbonyl (C=O) groups excluding carboxylic acids is 2. The quantitative estimate of drug-likeness (QED) is 0.491. The maximum absolute atomic E-state index is 13.2. The zero-order valence-electron chi connectivity index (χ0n) is 17.0. The number of nitrogens with zero attached hydrogens (tertiary/aromatic N) is 1. The van der Waals surface area contributed by atoms with Crippen molar-refractivity contribution in [2.45, 2.75) is 39.8 Å². The smallest absolute Gasteiger partial charge is 0.242 e. The summed E-state index contributed by atoms with van der Waals surface area (Å²) >= 11 is 24.5. The van der Waals surface area contributed by atoms with Gasteiger partial charge in [-0.25, -0.2) is 0 Å². The van der Waals surface area contributed by atoms with Gasteiger partial charge in [0.15, 0.2) is 0 Å². The topological polar surface area (TPSA) is 49.4 Å². The highest BCUT2D eigenvalue weighted by Gasteiger charge is 2.27. The number of nitrogens with one attached hydrogen (secondary N) is 1. The lowest BCUT2D eigenvalue weighted by Crippen LogP contribution is -2.48. The van der Waals surface area contributed by atoms with Gasteiger partial charge >= 0.3 is 0 Å². The number of hydrogen-bond donors (Lipinski definition) is 1. The number of benzene rings is 2. The second kappa shape index (κ2) is 11.2. The fraction of sp³-hybridized carbons (Fsp3) is 0.364. The Kier molecular flexibility index (Phi) is 9.30. The molecule has 4 nitrogen and oxygen atoms in total. The molecule has 0 heterocycles. The molecule has 30 heavy (non-hydrogen) atoms. The molecule has 0 aliphatic rings. The molecule has 0 fully saturated rings. The van der Waals surface area contributed by atoms with E-state index in [-0.39, 0.29) is 24.8 Å². The van der Waals surface area contributed by atoms with Crippen molar-refractivity contribution < 1.29 is 9.59 Å². The van der Waals surface area contributed by atoms with Crippen LogP contribution in [0.25, 0.3) is 0 Å². The van der Waals surface area contributed by atoms with Gasteiger partial charge < -0.3 is 10.2 Å². The molecular weight excluding hydrogens is 466 g/mol. The van der Waals surface area contributed by atoms with Gasteiger partial charge in [-0.15, -0.1) is 0 Å². The van der Waals surface area contributed by atoms with E-state index in [0.717, 1.165) is 0 Å². The van der Waals surface area contributed by atoms with Gasteiger partial charge in [0.25, 0.3) is 0 Å². The molecule has 0 spiro atoms. The van der Waals surface area contributed by atoms with E-state index in [1.165, 1.54) is 4.90 Å². The average molecular weight is 490 g/mol. The summed E-state index contributed by atoms with van der Waals surface area (Å²) in [6, 6.07) is 9.33. The predicted octanol–water partition coefficient (Wildman–Crippen LogP) is 6.03. The van der Waals surface area contributed by atoms with Crippen LogP contribution >= 0.6 is 46.4 Å². The standard InChI is InChI=1S/C22H24Cl4N2O2/c1-13(2)11-27-22(30)14(3)28(12-16-5-7-18(24)10-20(16)26)21(29)8-15-4-6-17(23)9-19(15)25/h4-7,9-10,13-14H,8,11-12H2,1-3H3,(H,27,30)/t14-/m0/s1. The Morgan fingerprint density at radius 2 is 1.43 bits per heavy atom. The molecule has 0 aliphatic heterocycles. The Hall–Kier alpha value is -1.46. The molecule has 1 atom stereocenters. The second-order valence-electron chi connectivity index (χ2n) is 7.48. The monoisotopic (exact) mass is 488 g/mol. The summed E-state index contributed by atoms with van der Waals surface area (Å²) < 4.78 is 0. The van der Waals surface area contributed by atoms with Gasteiger partial charge in [-0.2, -0.15) is 0 Å². The third-order valence-electron chi connectivity index (χ3n) is 4.56. The molecule has 0 saturated carbocycles. The number of hydrogen-bond acceptors (Lipinski definition) is 2. The lowest BCUT2D eigenvalue weighted by Gasteiger charge is -2.29. The SMILES string of the molecule is CC(C)CNC(=O)[C@H](C)N(Cc1ccc(Cl)cc1Cl)C(=O)Cc1ccc(Cl)cc1Cl. The van der Waals surface area contributed by atoms with Crippen LogP contribution in [0.1, 0.15) is 31.9 Å². The van der Waals surface area contributed by atoms with E-state index in [1.54, 1.807) is 43.3 Å². The molecule has 8 heteroatoms. The molecule has 1 N–H and O–H groups in total. The van der Waals surface area contributed by atoms with Crippen LogP contribution in [-0.2, 0) is 22.6 Å². The molecule has 0 bridgehead atoms. The summed E-state index contributed by atoms with van der Waals surface area (Å²) in [6.07, 6.45) is 0.0308. The zero-order valence-corrected chi connectivity index (χ0v) is 20.0. The Morgan fingerprint density at radius 1 is 0.900 bits per heavy atom. The molecule has 0 unspecified atom stereocenters. The Labute approximate surface area is 197 Å². The Balaban J connectivity index is 2.28. The highest BCUT2D eigenvalue weighted by molar-refractivity contribution is 6.35. The normalized spacial score (nSPS) is 12.0. The van der Waals surface area contributed by atoms with Crippen molar-refractivity contribution in [1.82, 2.24) is 10.2 Å². The molecule has 2 amide bonds. The van der Waals surface area contributed by atoms with E-state index in [0.29, 0.717) is 43.7 Å². The van der Waals surface area contributed by atoms with Crippen LogP contribution in [0.2, 0.25) is 20.1 Å². The van der Waals surface area contributed by atoms with Crippen molar-refractivity contribution in [2.75, 3.05) is 6.54 Å². The van der Waals surface area contributed by atoms with Gasteiger partial charge in [0.2, 0.25) is 11.8 Å². The van der Waals surface area contributed by atoms with E-state index in [9.17, 15) is 9.59 Å². The van der Waals surface area contributed by atoms with Crippen molar-refractivity contribution in [3.8, 4) is 0 Å². The number of rotatable bonds is 8. The zero-order chi connectivity index (χ0) is 22.4. The molecular formula is C22H24Cl4N2O2. The van der Waals surface area contributed by atoms with Gasteiger partial charge in [0.05, 0.1) is 6.42 Å². The first-order valence-electron chi connectivity index (χ1n) is 9.53. The highest BCUT2D eigenvalue weighted by atomic mass is 35.5. The van der Waals surface area contributed by atoms with E-state index >= 15 is 0 Å². The van der Waals surface area contributed by atoms with Crippen LogP contribution in [0.5, 0.6) is 0 Å². The summed E-state index contributed by atoms with van der Waals surface area (Å²) in [6.45, 7) is 6.39. The molecule has 0 aliphatic carbocycles. The van der Waals surface area contributed by atoms with Crippen molar-refractivity contribution in [3.05, 3.63) is 67.6 Å². The van der Waals surface area contributed by atoms with Crippen LogP contribution in [-0.4, -0.2) is 29.3 Å². The Morgan fingerprint density at radius 3 is 1.93 bits per heavy atom. The summed E-state index contributed by atoms with van der Waals surface area (Å²) in [4.78, 5) is 27.4. The average Bonchev–Trinajstić information content (AvgIpc) is 2.67. The lowest BCUT2D eigenvalue weighted by molar-refractivity contribution is -0.140. The minimum absolute atomic E-state index is 0.0308. The van der Waals surface area contributed by atoms with Gasteiger partial charge in [0.1, 0.15) is 6.04 Å². The van der Waals surface area contributed by atoms with Gasteiger partial charge in [-0.1, -0.05) is 72.4 Å². The predicted molar refractivity (Wildman–Crippen MR) is 124 cm³/mol. The largest absolute Gasteiger partial charge is 0.354 e. The maximum atomic E-state index is 13.2. The van der Waals surface area contributed by atoms with E-state index in [4.69, 9.17) is 46.4 Å². The van der Waals surface area contributed by atoms with Crippen LogP contribution in [0.15, 0.2) is 36.4 Å². The second-order valence-corrected chi connectivity index (χ2v) is 9.17. The minimum Gasteiger partial charge on any atom is -0.354 e. The van der Waals surface area contributed by atoms with Gasteiger partial charge in [0, 0.05) is 33.2 Å². The summed E-state index contributed by atoms with van der Waals surface area (Å²) in [5.41, 5.74) is 1.33. The molecule has 2 aromatic rings. The van der Waals surface area contributed by atoms with E-state index in [2.05, 4.69) is 5.32 Å². The van der Waals surface area contributed by atoms with Crippen LogP contribution in [0, 0.1) is 5.92 Å². The van der Waals surface area contributed by atoms with Crippen LogP contribution < -0.4 is 5.32 Å². The molecule has 162 valence electrons. The number of carbonyl (C=O) groups is 2. The molecule has 2 aromatic carbocycles. The summed E-state index contributed by atoms with van der Waals surface area (Å²) in [5.74, 6) is -0.189. The molecule has 0 radical (unpaired) electrons. The van der Waals surface area contributed by atoms with Crippen LogP contribution in [0.4, 0.5) is 0 Å². The summed E-state index contributed by atoms with van der Waals surface area (Å²) in [5, 5.41) is 4.70. The minimum atomic E-state index is -0.700. The van der Waals surface area contributed by atoms with Crippen molar-refractivity contribution in [1.29, 1.82) is 0 Å².